The summed E-state index contributed by atoms with van der Waals surface area (Å²) in [6.07, 6.45) is 1.36. The van der Waals surface area contributed by atoms with Crippen molar-refractivity contribution >= 4 is 11.9 Å². The maximum Gasteiger partial charge on any atom is 0.387 e. The number of carbonyl (C=O) groups excluding carboxylic acids is 1. The number of nitrogens with zero attached hydrogens (tertiary/aromatic N) is 1. The average molecular weight is 373 g/mol. The van der Waals surface area contributed by atoms with Crippen LogP contribution < -0.4 is 14.2 Å². The molecule has 140 valence electrons. The number of ketones is 1. The van der Waals surface area contributed by atoms with Gasteiger partial charge in [0.1, 0.15) is 17.4 Å². The second-order valence-corrected chi connectivity index (χ2v) is 5.25. The highest BCUT2D eigenvalue weighted by Gasteiger charge is 2.14. The molecule has 27 heavy (non-hydrogen) atoms. The summed E-state index contributed by atoms with van der Waals surface area (Å²) in [6.45, 7) is -1.05. The van der Waals surface area contributed by atoms with Crippen LogP contribution in [0.15, 0.2) is 48.0 Å². The SMILES string of the molecule is CCOc1cc(/C=C(\C#N)C(=O)c2ccc(OC)cc2)ccc1OC(F)F. The van der Waals surface area contributed by atoms with Gasteiger partial charge in [0, 0.05) is 5.56 Å². The summed E-state index contributed by atoms with van der Waals surface area (Å²) in [5.41, 5.74) is 0.662. The zero-order valence-corrected chi connectivity index (χ0v) is 14.7. The van der Waals surface area contributed by atoms with Crippen molar-refractivity contribution in [3.05, 3.63) is 59.2 Å². The van der Waals surface area contributed by atoms with Crippen molar-refractivity contribution in [3.8, 4) is 23.3 Å². The van der Waals surface area contributed by atoms with Gasteiger partial charge in [-0.25, -0.2) is 0 Å². The summed E-state index contributed by atoms with van der Waals surface area (Å²) in [5.74, 6) is 0.0979. The topological polar surface area (TPSA) is 68.5 Å². The van der Waals surface area contributed by atoms with Gasteiger partial charge in [0.2, 0.25) is 5.78 Å². The summed E-state index contributed by atoms with van der Waals surface area (Å²) in [4.78, 5) is 12.5. The molecule has 2 aromatic carbocycles. The molecule has 0 spiro atoms. The predicted octanol–water partition coefficient (Wildman–Crippen LogP) is 4.49. The first-order valence-corrected chi connectivity index (χ1v) is 8.00. The van der Waals surface area contributed by atoms with Gasteiger partial charge >= 0.3 is 6.61 Å². The molecule has 0 N–H and O–H groups in total. The second kappa shape index (κ2) is 9.34. The molecule has 0 aliphatic carbocycles. The first-order chi connectivity index (χ1) is 13.0. The molecule has 5 nitrogen and oxygen atoms in total. The number of Topliss-reactive ketones (excluding diaryl/α,β-unsaturated/α-hetero) is 1. The molecule has 2 rings (SSSR count). The molecule has 0 unspecified atom stereocenters. The smallest absolute Gasteiger partial charge is 0.387 e. The van der Waals surface area contributed by atoms with Crippen molar-refractivity contribution in [1.82, 2.24) is 0 Å². The molecule has 0 aromatic heterocycles. The van der Waals surface area contributed by atoms with Crippen molar-refractivity contribution in [3.63, 3.8) is 0 Å². The number of halogens is 2. The van der Waals surface area contributed by atoms with Crippen molar-refractivity contribution < 1.29 is 27.8 Å². The Labute approximate surface area is 155 Å². The molecular formula is C20H17F2NO4. The molecule has 0 radical (unpaired) electrons. The summed E-state index contributed by atoms with van der Waals surface area (Å²) >= 11 is 0. The number of hydrogen-bond donors (Lipinski definition) is 0. The van der Waals surface area contributed by atoms with E-state index in [2.05, 4.69) is 4.74 Å². The fraction of sp³-hybridized carbons (Fsp3) is 0.200. The molecular weight excluding hydrogens is 356 g/mol. The van der Waals surface area contributed by atoms with E-state index in [1.165, 1.54) is 31.4 Å². The van der Waals surface area contributed by atoms with E-state index in [1.807, 2.05) is 6.07 Å². The van der Waals surface area contributed by atoms with E-state index in [9.17, 15) is 18.8 Å². The Morgan fingerprint density at radius 2 is 1.89 bits per heavy atom. The van der Waals surface area contributed by atoms with Gasteiger partial charge in [0.15, 0.2) is 11.5 Å². The largest absolute Gasteiger partial charge is 0.497 e. The third-order valence-corrected chi connectivity index (χ3v) is 3.51. The third-order valence-electron chi connectivity index (χ3n) is 3.51. The molecule has 0 heterocycles. The number of carbonyl (C=O) groups is 1. The van der Waals surface area contributed by atoms with E-state index in [0.717, 1.165) is 0 Å². The van der Waals surface area contributed by atoms with Gasteiger partial charge in [-0.2, -0.15) is 14.0 Å². The average Bonchev–Trinajstić information content (AvgIpc) is 2.67. The molecule has 2 aromatic rings. The van der Waals surface area contributed by atoms with Crippen LogP contribution in [-0.2, 0) is 0 Å². The Bertz CT molecular complexity index is 871. The number of benzene rings is 2. The Kier molecular flexibility index (Phi) is 6.89. The lowest BCUT2D eigenvalue weighted by Gasteiger charge is -2.11. The van der Waals surface area contributed by atoms with Crippen LogP contribution >= 0.6 is 0 Å². The fourth-order valence-electron chi connectivity index (χ4n) is 2.29. The number of nitriles is 1. The van der Waals surface area contributed by atoms with E-state index in [-0.39, 0.29) is 23.7 Å². The first-order valence-electron chi connectivity index (χ1n) is 8.00. The minimum atomic E-state index is -2.99. The number of rotatable bonds is 8. The van der Waals surface area contributed by atoms with E-state index in [0.29, 0.717) is 16.9 Å². The van der Waals surface area contributed by atoms with Gasteiger partial charge in [-0.15, -0.1) is 0 Å². The van der Waals surface area contributed by atoms with E-state index in [1.54, 1.807) is 31.2 Å². The van der Waals surface area contributed by atoms with Crippen LogP contribution in [0.1, 0.15) is 22.8 Å². The maximum atomic E-state index is 12.5. The van der Waals surface area contributed by atoms with Crippen molar-refractivity contribution in [2.45, 2.75) is 13.5 Å². The normalized spacial score (nSPS) is 11.0. The zero-order chi connectivity index (χ0) is 19.8. The van der Waals surface area contributed by atoms with Gasteiger partial charge in [-0.05, 0) is 55.0 Å². The van der Waals surface area contributed by atoms with Crippen molar-refractivity contribution in [2.75, 3.05) is 13.7 Å². The lowest BCUT2D eigenvalue weighted by molar-refractivity contribution is -0.0514. The van der Waals surface area contributed by atoms with E-state index in [4.69, 9.17) is 9.47 Å². The second-order valence-electron chi connectivity index (χ2n) is 5.25. The van der Waals surface area contributed by atoms with Crippen LogP contribution in [0.4, 0.5) is 8.78 Å². The molecule has 0 fully saturated rings. The molecule has 0 bridgehead atoms. The first kappa shape index (κ1) is 19.9. The van der Waals surface area contributed by atoms with Crippen LogP contribution in [0.3, 0.4) is 0 Å². The lowest BCUT2D eigenvalue weighted by atomic mass is 10.0. The summed E-state index contributed by atoms with van der Waals surface area (Å²) in [5, 5.41) is 9.35. The molecule has 0 saturated heterocycles. The Morgan fingerprint density at radius 1 is 1.19 bits per heavy atom. The number of alkyl halides is 2. The Hall–Kier alpha value is -3.40. The van der Waals surface area contributed by atoms with Crippen LogP contribution in [0.2, 0.25) is 0 Å². The third kappa shape index (κ3) is 5.28. The minimum absolute atomic E-state index is 0.0979. The molecule has 7 heteroatoms. The van der Waals surface area contributed by atoms with E-state index < -0.39 is 12.4 Å². The van der Waals surface area contributed by atoms with E-state index >= 15 is 0 Å². The number of ether oxygens (including phenoxy) is 3. The highest BCUT2D eigenvalue weighted by atomic mass is 19.3. The molecule has 0 saturated carbocycles. The quantitative estimate of drug-likeness (QED) is 0.388. The highest BCUT2D eigenvalue weighted by Crippen LogP contribution is 2.31. The Morgan fingerprint density at radius 3 is 2.44 bits per heavy atom. The minimum Gasteiger partial charge on any atom is -0.497 e. The van der Waals surface area contributed by atoms with Crippen LogP contribution in [0, 0.1) is 11.3 Å². The summed E-state index contributed by atoms with van der Waals surface area (Å²) < 4.78 is 39.7. The van der Waals surface area contributed by atoms with Gasteiger partial charge in [0.05, 0.1) is 13.7 Å². The summed E-state index contributed by atoms with van der Waals surface area (Å²) in [6, 6.07) is 12.4. The van der Waals surface area contributed by atoms with Gasteiger partial charge in [-0.1, -0.05) is 6.07 Å². The molecule has 0 aliphatic rings. The van der Waals surface area contributed by atoms with Crippen LogP contribution in [-0.4, -0.2) is 26.1 Å². The molecule has 0 amide bonds. The Balaban J connectivity index is 2.34. The monoisotopic (exact) mass is 373 g/mol. The van der Waals surface area contributed by atoms with Gasteiger partial charge in [0.25, 0.3) is 0 Å². The summed E-state index contributed by atoms with van der Waals surface area (Å²) in [7, 11) is 1.51. The molecule has 0 atom stereocenters. The number of allylic oxidation sites excluding steroid dienone is 1. The van der Waals surface area contributed by atoms with Crippen LogP contribution in [0.5, 0.6) is 17.2 Å². The number of methoxy groups -OCH3 is 1. The van der Waals surface area contributed by atoms with Crippen molar-refractivity contribution in [1.29, 1.82) is 5.26 Å². The fourth-order valence-corrected chi connectivity index (χ4v) is 2.29. The van der Waals surface area contributed by atoms with Crippen molar-refractivity contribution in [2.24, 2.45) is 0 Å². The highest BCUT2D eigenvalue weighted by molar-refractivity contribution is 6.14. The maximum absolute atomic E-state index is 12.5. The number of hydrogen-bond acceptors (Lipinski definition) is 5. The molecule has 0 aliphatic heterocycles. The van der Waals surface area contributed by atoms with Gasteiger partial charge in [-0.3, -0.25) is 4.79 Å². The predicted molar refractivity (Wildman–Crippen MR) is 95.2 cm³/mol. The zero-order valence-electron chi connectivity index (χ0n) is 14.7. The standard InChI is InChI=1S/C20H17F2NO4/c1-3-26-18-11-13(4-9-17(18)27-20(21)22)10-15(12-23)19(24)14-5-7-16(25-2)8-6-14/h4-11,20H,3H2,1-2H3/b15-10+. The van der Waals surface area contributed by atoms with Gasteiger partial charge < -0.3 is 14.2 Å². The lowest BCUT2D eigenvalue weighted by Crippen LogP contribution is -2.05. The van der Waals surface area contributed by atoms with Crippen LogP contribution in [0.25, 0.3) is 6.08 Å².